The highest BCUT2D eigenvalue weighted by Gasteiger charge is 2.32. The van der Waals surface area contributed by atoms with Gasteiger partial charge in [-0.1, -0.05) is 48.2 Å². The highest BCUT2D eigenvalue weighted by Crippen LogP contribution is 2.31. The molecule has 1 amide bonds. The molecule has 1 aliphatic rings. The number of amides is 1. The maximum absolute atomic E-state index is 13.4. The number of carbonyl (C=O) groups is 1. The molecule has 4 rings (SSSR count). The minimum atomic E-state index is -0.137. The Morgan fingerprint density at radius 3 is 2.30 bits per heavy atom. The molecule has 0 aliphatic carbocycles. The molecular formula is C27H26N2O3S. The molecular weight excluding hydrogens is 432 g/mol. The quantitative estimate of drug-likeness (QED) is 0.328. The van der Waals surface area contributed by atoms with Gasteiger partial charge in [-0.05, 0) is 73.0 Å². The third-order valence-corrected chi connectivity index (χ3v) is 5.94. The zero-order chi connectivity index (χ0) is 23.2. The van der Waals surface area contributed by atoms with Crippen LogP contribution >= 0.6 is 11.8 Å². The molecule has 0 saturated carbocycles. The van der Waals surface area contributed by atoms with E-state index in [2.05, 4.69) is 6.07 Å². The van der Waals surface area contributed by atoms with E-state index >= 15 is 0 Å². The van der Waals surface area contributed by atoms with E-state index in [9.17, 15) is 4.79 Å². The second-order valence-electron chi connectivity index (χ2n) is 7.69. The third kappa shape index (κ3) is 5.65. The van der Waals surface area contributed by atoms with Gasteiger partial charge in [0, 0.05) is 5.75 Å². The van der Waals surface area contributed by atoms with E-state index in [1.54, 1.807) is 12.0 Å². The van der Waals surface area contributed by atoms with Crippen LogP contribution < -0.4 is 14.4 Å². The summed E-state index contributed by atoms with van der Waals surface area (Å²) in [5.74, 6) is 2.12. The van der Waals surface area contributed by atoms with Crippen LogP contribution in [0, 0.1) is 13.8 Å². The van der Waals surface area contributed by atoms with Gasteiger partial charge in [-0.2, -0.15) is 0 Å². The fourth-order valence-corrected chi connectivity index (χ4v) is 4.40. The van der Waals surface area contributed by atoms with E-state index in [1.807, 2.05) is 86.7 Å². The van der Waals surface area contributed by atoms with Crippen LogP contribution in [0.4, 0.5) is 5.69 Å². The Balaban J connectivity index is 1.57. The van der Waals surface area contributed by atoms with Gasteiger partial charge in [0.1, 0.15) is 17.2 Å². The maximum atomic E-state index is 13.4. The van der Waals surface area contributed by atoms with Gasteiger partial charge in [0.15, 0.2) is 5.17 Å². The molecule has 1 aliphatic heterocycles. The Bertz CT molecular complexity index is 1170. The summed E-state index contributed by atoms with van der Waals surface area (Å²) < 4.78 is 11.0. The summed E-state index contributed by atoms with van der Waals surface area (Å²) in [6, 6.07) is 23.4. The first kappa shape index (κ1) is 22.7. The number of para-hydroxylation sites is 1. The summed E-state index contributed by atoms with van der Waals surface area (Å²) in [6.07, 6.45) is 1.81. The number of amidine groups is 1. The number of hydrogen-bond acceptors (Lipinski definition) is 5. The van der Waals surface area contributed by atoms with Gasteiger partial charge in [0.05, 0.1) is 19.4 Å². The molecule has 3 aromatic carbocycles. The molecule has 0 N–H and O–H groups in total. The molecule has 5 nitrogen and oxygen atoms in total. The van der Waals surface area contributed by atoms with E-state index in [0.29, 0.717) is 23.2 Å². The lowest BCUT2D eigenvalue weighted by molar-refractivity contribution is -0.113. The van der Waals surface area contributed by atoms with Crippen molar-refractivity contribution in [3.05, 3.63) is 95.2 Å². The van der Waals surface area contributed by atoms with Crippen molar-refractivity contribution in [1.82, 2.24) is 0 Å². The largest absolute Gasteiger partial charge is 0.497 e. The normalized spacial score (nSPS) is 14.5. The van der Waals surface area contributed by atoms with Gasteiger partial charge in [0.2, 0.25) is 0 Å². The molecule has 0 fully saturated rings. The van der Waals surface area contributed by atoms with Crippen molar-refractivity contribution in [3.63, 3.8) is 0 Å². The lowest BCUT2D eigenvalue weighted by Gasteiger charge is -2.19. The van der Waals surface area contributed by atoms with Crippen molar-refractivity contribution in [2.45, 2.75) is 13.8 Å². The van der Waals surface area contributed by atoms with Crippen LogP contribution in [0.2, 0.25) is 0 Å². The SMILES string of the molecule is COc1ccc(/C=C2\N=C(SCCOc3ccccc3)N(c3cc(C)cc(C)c3)C2=O)cc1. The molecule has 0 spiro atoms. The Morgan fingerprint density at radius 2 is 1.64 bits per heavy atom. The van der Waals surface area contributed by atoms with Crippen molar-refractivity contribution in [3.8, 4) is 11.5 Å². The lowest BCUT2D eigenvalue weighted by Crippen LogP contribution is -2.30. The van der Waals surface area contributed by atoms with E-state index in [-0.39, 0.29) is 5.91 Å². The predicted molar refractivity (Wildman–Crippen MR) is 136 cm³/mol. The molecule has 1 heterocycles. The molecule has 0 unspecified atom stereocenters. The number of anilines is 1. The van der Waals surface area contributed by atoms with Crippen molar-refractivity contribution in [1.29, 1.82) is 0 Å². The zero-order valence-corrected chi connectivity index (χ0v) is 19.8. The molecule has 6 heteroatoms. The molecule has 0 atom stereocenters. The van der Waals surface area contributed by atoms with E-state index in [0.717, 1.165) is 33.9 Å². The van der Waals surface area contributed by atoms with Crippen LogP contribution in [0.25, 0.3) is 6.08 Å². The van der Waals surface area contributed by atoms with Gasteiger partial charge in [0.25, 0.3) is 5.91 Å². The summed E-state index contributed by atoms with van der Waals surface area (Å²) >= 11 is 1.51. The summed E-state index contributed by atoms with van der Waals surface area (Å²) in [5, 5.41) is 0.654. The van der Waals surface area contributed by atoms with Crippen LogP contribution in [0.1, 0.15) is 16.7 Å². The summed E-state index contributed by atoms with van der Waals surface area (Å²) in [5.41, 5.74) is 4.32. The number of hydrogen-bond donors (Lipinski definition) is 0. The first-order chi connectivity index (χ1) is 16.0. The Hall–Kier alpha value is -3.51. The summed E-state index contributed by atoms with van der Waals surface area (Å²) in [6.45, 7) is 4.58. The molecule has 0 radical (unpaired) electrons. The monoisotopic (exact) mass is 458 g/mol. The molecule has 33 heavy (non-hydrogen) atoms. The van der Waals surface area contributed by atoms with E-state index in [1.165, 1.54) is 11.8 Å². The van der Waals surface area contributed by atoms with Crippen LogP contribution in [-0.2, 0) is 4.79 Å². The number of aryl methyl sites for hydroxylation is 2. The van der Waals surface area contributed by atoms with Crippen LogP contribution in [-0.4, -0.2) is 30.5 Å². The average Bonchev–Trinajstić information content (AvgIpc) is 3.12. The molecule has 0 aromatic heterocycles. The highest BCUT2D eigenvalue weighted by atomic mass is 32.2. The number of aliphatic imine (C=N–C) groups is 1. The Kier molecular flexibility index (Phi) is 7.15. The van der Waals surface area contributed by atoms with Crippen molar-refractivity contribution in [2.24, 2.45) is 4.99 Å². The molecule has 0 saturated heterocycles. The van der Waals surface area contributed by atoms with Crippen LogP contribution in [0.15, 0.2) is 83.5 Å². The third-order valence-electron chi connectivity index (χ3n) is 5.04. The lowest BCUT2D eigenvalue weighted by atomic mass is 10.1. The number of thioether (sulfide) groups is 1. The zero-order valence-electron chi connectivity index (χ0n) is 18.9. The number of carbonyl (C=O) groups excluding carboxylic acids is 1. The first-order valence-corrected chi connectivity index (χ1v) is 11.7. The number of nitrogens with zero attached hydrogens (tertiary/aromatic N) is 2. The summed E-state index contributed by atoms with van der Waals surface area (Å²) in [7, 11) is 1.63. The van der Waals surface area contributed by atoms with E-state index < -0.39 is 0 Å². The van der Waals surface area contributed by atoms with Crippen molar-refractivity contribution >= 4 is 34.6 Å². The van der Waals surface area contributed by atoms with Crippen LogP contribution in [0.5, 0.6) is 11.5 Å². The van der Waals surface area contributed by atoms with Gasteiger partial charge in [-0.15, -0.1) is 0 Å². The molecule has 3 aromatic rings. The molecule has 168 valence electrons. The standard InChI is InChI=1S/C27H26N2O3S/c1-19-15-20(2)17-22(16-19)29-26(30)25(18-21-9-11-23(31-3)12-10-21)28-27(29)33-14-13-32-24-7-5-4-6-8-24/h4-12,15-18H,13-14H2,1-3H3/b25-18-. The molecule has 0 bridgehead atoms. The van der Waals surface area contributed by atoms with Gasteiger partial charge in [-0.3, -0.25) is 9.69 Å². The number of rotatable bonds is 7. The fraction of sp³-hybridized carbons (Fsp3) is 0.185. The van der Waals surface area contributed by atoms with Gasteiger partial charge < -0.3 is 9.47 Å². The number of ether oxygens (including phenoxy) is 2. The van der Waals surface area contributed by atoms with Crippen molar-refractivity contribution < 1.29 is 14.3 Å². The smallest absolute Gasteiger partial charge is 0.283 e. The van der Waals surface area contributed by atoms with Crippen molar-refractivity contribution in [2.75, 3.05) is 24.4 Å². The Labute approximate surface area is 198 Å². The minimum absolute atomic E-state index is 0.137. The highest BCUT2D eigenvalue weighted by molar-refractivity contribution is 8.14. The predicted octanol–water partition coefficient (Wildman–Crippen LogP) is 5.87. The number of methoxy groups -OCH3 is 1. The minimum Gasteiger partial charge on any atom is -0.497 e. The number of benzene rings is 3. The average molecular weight is 459 g/mol. The van der Waals surface area contributed by atoms with Crippen LogP contribution in [0.3, 0.4) is 0 Å². The summed E-state index contributed by atoms with van der Waals surface area (Å²) in [4.78, 5) is 19.8. The second-order valence-corrected chi connectivity index (χ2v) is 8.76. The second kappa shape index (κ2) is 10.4. The van der Waals surface area contributed by atoms with Gasteiger partial charge in [-0.25, -0.2) is 4.99 Å². The Morgan fingerprint density at radius 1 is 0.939 bits per heavy atom. The topological polar surface area (TPSA) is 51.1 Å². The first-order valence-electron chi connectivity index (χ1n) is 10.7. The maximum Gasteiger partial charge on any atom is 0.283 e. The van der Waals surface area contributed by atoms with Gasteiger partial charge >= 0.3 is 0 Å². The van der Waals surface area contributed by atoms with E-state index in [4.69, 9.17) is 14.5 Å². The fourth-order valence-electron chi connectivity index (χ4n) is 3.57.